The Morgan fingerprint density at radius 2 is 2.30 bits per heavy atom. The Bertz CT molecular complexity index is 460. The number of aliphatic hydroxyl groups is 1. The lowest BCUT2D eigenvalue weighted by atomic mass is 10.1. The quantitative estimate of drug-likeness (QED) is 0.753. The largest absolute Gasteiger partial charge is 0.468 e. The summed E-state index contributed by atoms with van der Waals surface area (Å²) in [5.41, 5.74) is 0. The molecule has 1 aromatic rings. The van der Waals surface area contributed by atoms with E-state index in [1.807, 2.05) is 17.0 Å². The second kappa shape index (κ2) is 9.05. The summed E-state index contributed by atoms with van der Waals surface area (Å²) in [5, 5.41) is 12.7. The molecule has 1 aliphatic rings. The maximum atomic E-state index is 12.2. The van der Waals surface area contributed by atoms with Crippen LogP contribution in [0.25, 0.3) is 0 Å². The molecule has 130 valence electrons. The Kier molecular flexibility index (Phi) is 7.08. The topological polar surface area (TPSA) is 69.0 Å². The number of nitrogens with one attached hydrogen (secondary N) is 1. The van der Waals surface area contributed by atoms with E-state index < -0.39 is 0 Å². The van der Waals surface area contributed by atoms with Gasteiger partial charge in [0.25, 0.3) is 0 Å². The second-order valence-electron chi connectivity index (χ2n) is 6.09. The van der Waals surface area contributed by atoms with Crippen molar-refractivity contribution in [1.82, 2.24) is 15.1 Å². The molecule has 1 amide bonds. The summed E-state index contributed by atoms with van der Waals surface area (Å²) in [4.78, 5) is 16.5. The lowest BCUT2D eigenvalue weighted by Crippen LogP contribution is -2.46. The van der Waals surface area contributed by atoms with E-state index in [0.29, 0.717) is 19.6 Å². The van der Waals surface area contributed by atoms with Gasteiger partial charge in [-0.1, -0.05) is 13.8 Å². The van der Waals surface area contributed by atoms with Gasteiger partial charge in [0.15, 0.2) is 0 Å². The number of nitrogens with zero attached hydrogens (tertiary/aromatic N) is 2. The van der Waals surface area contributed by atoms with Gasteiger partial charge in [-0.05, 0) is 44.6 Å². The number of carbonyl (C=O) groups is 1. The normalized spacial score (nSPS) is 20.6. The molecule has 23 heavy (non-hydrogen) atoms. The predicted octanol–water partition coefficient (Wildman–Crippen LogP) is 1.24. The predicted molar refractivity (Wildman–Crippen MR) is 89.1 cm³/mol. The van der Waals surface area contributed by atoms with Crippen molar-refractivity contribution < 1.29 is 14.3 Å². The number of rotatable bonds is 8. The van der Waals surface area contributed by atoms with Crippen molar-refractivity contribution in [3.05, 3.63) is 24.2 Å². The molecule has 1 aromatic heterocycles. The third-order valence-corrected chi connectivity index (χ3v) is 4.47. The highest BCUT2D eigenvalue weighted by Gasteiger charge is 2.23. The minimum atomic E-state index is -0.303. The Balaban J connectivity index is 1.86. The first-order chi connectivity index (χ1) is 11.1. The van der Waals surface area contributed by atoms with Crippen LogP contribution in [0.4, 0.5) is 0 Å². The van der Waals surface area contributed by atoms with Crippen molar-refractivity contribution in [3.63, 3.8) is 0 Å². The SMILES string of the molecule is CCN(CC)C(CNC(=O)CN1CCCC(O)C1)c1ccco1. The molecule has 2 rings (SSSR count). The molecular weight excluding hydrogens is 294 g/mol. The van der Waals surface area contributed by atoms with Crippen molar-refractivity contribution in [2.24, 2.45) is 0 Å². The van der Waals surface area contributed by atoms with Gasteiger partial charge in [-0.25, -0.2) is 0 Å². The molecule has 6 nitrogen and oxygen atoms in total. The van der Waals surface area contributed by atoms with Gasteiger partial charge < -0.3 is 14.8 Å². The first kappa shape index (κ1) is 18.0. The van der Waals surface area contributed by atoms with E-state index in [-0.39, 0.29) is 18.1 Å². The van der Waals surface area contributed by atoms with Gasteiger partial charge in [-0.15, -0.1) is 0 Å². The van der Waals surface area contributed by atoms with Crippen LogP contribution in [-0.2, 0) is 4.79 Å². The minimum Gasteiger partial charge on any atom is -0.468 e. The molecule has 1 aliphatic heterocycles. The summed E-state index contributed by atoms with van der Waals surface area (Å²) in [6, 6.07) is 3.88. The van der Waals surface area contributed by atoms with Gasteiger partial charge >= 0.3 is 0 Å². The number of aliphatic hydroxyl groups excluding tert-OH is 1. The van der Waals surface area contributed by atoms with E-state index in [1.165, 1.54) is 0 Å². The zero-order chi connectivity index (χ0) is 16.7. The zero-order valence-corrected chi connectivity index (χ0v) is 14.2. The van der Waals surface area contributed by atoms with Gasteiger partial charge in [0, 0.05) is 13.1 Å². The molecule has 0 saturated carbocycles. The minimum absolute atomic E-state index is 0.00260. The number of carbonyl (C=O) groups excluding carboxylic acids is 1. The van der Waals surface area contributed by atoms with Gasteiger partial charge in [-0.2, -0.15) is 0 Å². The van der Waals surface area contributed by atoms with Crippen molar-refractivity contribution >= 4 is 5.91 Å². The third-order valence-electron chi connectivity index (χ3n) is 4.47. The molecule has 0 aromatic carbocycles. The van der Waals surface area contributed by atoms with Gasteiger partial charge in [0.2, 0.25) is 5.91 Å². The molecule has 6 heteroatoms. The van der Waals surface area contributed by atoms with Gasteiger partial charge in [0.1, 0.15) is 5.76 Å². The Morgan fingerprint density at radius 3 is 2.91 bits per heavy atom. The molecule has 2 unspecified atom stereocenters. The van der Waals surface area contributed by atoms with Crippen LogP contribution in [0, 0.1) is 0 Å². The molecule has 1 fully saturated rings. The van der Waals surface area contributed by atoms with Crippen molar-refractivity contribution in [2.45, 2.75) is 38.8 Å². The van der Waals surface area contributed by atoms with E-state index in [9.17, 15) is 9.90 Å². The van der Waals surface area contributed by atoms with Crippen LogP contribution in [0.3, 0.4) is 0 Å². The van der Waals surface area contributed by atoms with Crippen molar-refractivity contribution in [2.75, 3.05) is 39.3 Å². The van der Waals surface area contributed by atoms with Crippen LogP contribution in [0.2, 0.25) is 0 Å². The van der Waals surface area contributed by atoms with E-state index in [2.05, 4.69) is 24.1 Å². The number of hydrogen-bond acceptors (Lipinski definition) is 5. The van der Waals surface area contributed by atoms with E-state index >= 15 is 0 Å². The monoisotopic (exact) mass is 323 g/mol. The smallest absolute Gasteiger partial charge is 0.234 e. The average molecular weight is 323 g/mol. The number of likely N-dealkylation sites (N-methyl/N-ethyl adjacent to an activating group) is 1. The molecule has 0 aliphatic carbocycles. The molecule has 0 radical (unpaired) electrons. The Morgan fingerprint density at radius 1 is 1.52 bits per heavy atom. The average Bonchev–Trinajstić information content (AvgIpc) is 3.05. The van der Waals surface area contributed by atoms with E-state index in [0.717, 1.165) is 38.2 Å². The van der Waals surface area contributed by atoms with Crippen LogP contribution in [-0.4, -0.2) is 66.2 Å². The Hall–Kier alpha value is -1.37. The van der Waals surface area contributed by atoms with Crippen LogP contribution in [0.5, 0.6) is 0 Å². The standard InChI is InChI=1S/C17H29N3O3/c1-3-20(4-2)15(16-8-6-10-23-16)11-18-17(22)13-19-9-5-7-14(21)12-19/h6,8,10,14-15,21H,3-5,7,9,11-13H2,1-2H3,(H,18,22). The molecule has 0 bridgehead atoms. The summed E-state index contributed by atoms with van der Waals surface area (Å²) in [7, 11) is 0. The van der Waals surface area contributed by atoms with Crippen LogP contribution >= 0.6 is 0 Å². The highest BCUT2D eigenvalue weighted by Crippen LogP contribution is 2.20. The zero-order valence-electron chi connectivity index (χ0n) is 14.2. The maximum Gasteiger partial charge on any atom is 0.234 e. The van der Waals surface area contributed by atoms with Gasteiger partial charge in [0.05, 0.1) is 25.0 Å². The summed E-state index contributed by atoms with van der Waals surface area (Å²) < 4.78 is 5.54. The first-order valence-corrected chi connectivity index (χ1v) is 8.58. The molecular formula is C17H29N3O3. The summed E-state index contributed by atoms with van der Waals surface area (Å²) in [6.07, 6.45) is 3.15. The molecule has 2 heterocycles. The lowest BCUT2D eigenvalue weighted by Gasteiger charge is -2.30. The molecule has 1 saturated heterocycles. The van der Waals surface area contributed by atoms with Crippen LogP contribution < -0.4 is 5.32 Å². The van der Waals surface area contributed by atoms with Crippen molar-refractivity contribution in [1.29, 1.82) is 0 Å². The molecule has 0 spiro atoms. The lowest BCUT2D eigenvalue weighted by molar-refractivity contribution is -0.123. The number of hydrogen-bond donors (Lipinski definition) is 2. The van der Waals surface area contributed by atoms with Crippen LogP contribution in [0.1, 0.15) is 38.5 Å². The Labute approximate surface area is 138 Å². The third kappa shape index (κ3) is 5.34. The van der Waals surface area contributed by atoms with E-state index in [1.54, 1.807) is 6.26 Å². The molecule has 2 N–H and O–H groups in total. The maximum absolute atomic E-state index is 12.2. The first-order valence-electron chi connectivity index (χ1n) is 8.58. The van der Waals surface area contributed by atoms with Gasteiger partial charge in [-0.3, -0.25) is 14.6 Å². The van der Waals surface area contributed by atoms with Crippen molar-refractivity contribution in [3.8, 4) is 0 Å². The number of piperidine rings is 1. The summed E-state index contributed by atoms with van der Waals surface area (Å²) in [6.45, 7) is 8.36. The van der Waals surface area contributed by atoms with E-state index in [4.69, 9.17) is 4.42 Å². The number of likely N-dealkylation sites (tertiary alicyclic amines) is 1. The number of β-amino-alcohol motifs (C(OH)–C–C–N with tert-alkyl or cyclic N) is 1. The fraction of sp³-hybridized carbons (Fsp3) is 0.706. The summed E-state index contributed by atoms with van der Waals surface area (Å²) >= 11 is 0. The number of amides is 1. The highest BCUT2D eigenvalue weighted by molar-refractivity contribution is 5.78. The summed E-state index contributed by atoms with van der Waals surface area (Å²) in [5.74, 6) is 0.880. The van der Waals surface area contributed by atoms with Crippen LogP contribution in [0.15, 0.2) is 22.8 Å². The number of furan rings is 1. The second-order valence-corrected chi connectivity index (χ2v) is 6.09. The fourth-order valence-electron chi connectivity index (χ4n) is 3.20. The fourth-order valence-corrected chi connectivity index (χ4v) is 3.20. The highest BCUT2D eigenvalue weighted by atomic mass is 16.3. The molecule has 2 atom stereocenters.